The van der Waals surface area contributed by atoms with Crippen LogP contribution in [0.1, 0.15) is 90.1 Å². The number of nitrogens with one attached hydrogen (secondary N) is 4. The van der Waals surface area contributed by atoms with Crippen LogP contribution in [0.5, 0.6) is 0 Å². The van der Waals surface area contributed by atoms with Gasteiger partial charge in [-0.3, -0.25) is 19.9 Å². The molecular weight excluding hydrogens is 1200 g/mol. The zero-order valence-corrected chi connectivity index (χ0v) is 50.2. The molecule has 486 valence electrons. The number of fused-ring (bicyclic) bond motifs is 2. The summed E-state index contributed by atoms with van der Waals surface area (Å²) < 4.78 is 161. The van der Waals surface area contributed by atoms with Crippen LogP contribution in [-0.2, 0) is 36.8 Å². The van der Waals surface area contributed by atoms with Crippen molar-refractivity contribution in [1.82, 2.24) is 50.9 Å². The van der Waals surface area contributed by atoms with E-state index in [4.69, 9.17) is 9.72 Å². The third-order valence-electron chi connectivity index (χ3n) is 16.0. The quantitative estimate of drug-likeness (QED) is 0.0244. The fourth-order valence-corrected chi connectivity index (χ4v) is 10.5. The molecule has 3 fully saturated rings. The highest BCUT2D eigenvalue weighted by Crippen LogP contribution is 2.42. The lowest BCUT2D eigenvalue weighted by molar-refractivity contribution is -0.221. The molecule has 30 heteroatoms. The number of piperazine rings is 1. The van der Waals surface area contributed by atoms with Crippen molar-refractivity contribution in [2.75, 3.05) is 58.4 Å². The molecule has 0 saturated carbocycles. The van der Waals surface area contributed by atoms with Crippen molar-refractivity contribution >= 4 is 35.9 Å². The van der Waals surface area contributed by atoms with Crippen molar-refractivity contribution in [1.29, 1.82) is 0 Å². The maximum Gasteiger partial charge on any atom is 0.410 e. The molecule has 20 nitrogen and oxygen atoms in total. The number of carbonyl (C=O) groups excluding carboxylic acids is 5. The summed E-state index contributed by atoms with van der Waals surface area (Å²) in [6.45, 7) is 6.09. The number of hydrogen-bond acceptors (Lipinski definition) is 14. The van der Waals surface area contributed by atoms with Crippen LogP contribution in [0.25, 0.3) is 11.1 Å². The average Bonchev–Trinajstić information content (AvgIpc) is 1.95. The van der Waals surface area contributed by atoms with Crippen LogP contribution in [0, 0.1) is 40.2 Å². The lowest BCUT2D eigenvalue weighted by atomic mass is 9.82. The number of pyridine rings is 1. The molecule has 5 amide bonds. The number of amides is 5. The minimum atomic E-state index is -5.24. The van der Waals surface area contributed by atoms with E-state index in [-0.39, 0.29) is 27.5 Å². The molecule has 3 saturated heterocycles. The van der Waals surface area contributed by atoms with Crippen LogP contribution in [0.15, 0.2) is 67.1 Å². The van der Waals surface area contributed by atoms with Gasteiger partial charge in [0, 0.05) is 98.5 Å². The van der Waals surface area contributed by atoms with E-state index in [0.717, 1.165) is 64.9 Å². The number of aromatic nitrogens is 3. The van der Waals surface area contributed by atoms with Gasteiger partial charge < -0.3 is 45.1 Å². The summed E-state index contributed by atoms with van der Waals surface area (Å²) in [5.74, 6) is 1.11. The molecule has 2 aromatic heterocycles. The number of ether oxygens (including phenoxy) is 3. The number of halogens is 10. The molecule has 4 unspecified atom stereocenters. The predicted octanol–water partition coefficient (Wildman–Crippen LogP) is 8.09. The molecule has 5 N–H and O–H groups in total. The lowest BCUT2D eigenvalue weighted by Crippen LogP contribution is -2.63. The number of aliphatic hydroxyl groups excluding tert-OH is 1. The zero-order chi connectivity index (χ0) is 65.7. The molecule has 0 aliphatic carbocycles. The topological polar surface area (TPSA) is 225 Å². The van der Waals surface area contributed by atoms with Crippen molar-refractivity contribution in [3.05, 3.63) is 101 Å². The Balaban J connectivity index is 1.13. The molecule has 2 aromatic carbocycles. The first kappa shape index (κ1) is 68.6. The number of hydrogen-bond donors (Lipinski definition) is 5. The summed E-state index contributed by atoms with van der Waals surface area (Å²) in [5.41, 5.74) is -4.88. The number of benzene rings is 2. The molecule has 0 radical (unpaired) electrons. The van der Waals surface area contributed by atoms with Gasteiger partial charge in [0.15, 0.2) is 0 Å². The van der Waals surface area contributed by atoms with Crippen LogP contribution < -0.4 is 26.3 Å². The minimum Gasteiger partial charge on any atom is -0.453 e. The highest BCUT2D eigenvalue weighted by atomic mass is 19.4. The summed E-state index contributed by atoms with van der Waals surface area (Å²) in [7, 11) is 1.60. The van der Waals surface area contributed by atoms with E-state index < -0.39 is 120 Å². The second-order valence-electron chi connectivity index (χ2n) is 24.3. The normalized spacial score (nSPS) is 18.0. The van der Waals surface area contributed by atoms with Crippen LogP contribution in [0.3, 0.4) is 0 Å². The van der Waals surface area contributed by atoms with Gasteiger partial charge in [0.25, 0.3) is 5.91 Å². The average molecular weight is 1270 g/mol. The van der Waals surface area contributed by atoms with Crippen molar-refractivity contribution in [2.45, 2.75) is 135 Å². The lowest BCUT2D eigenvalue weighted by Gasteiger charge is -2.46. The van der Waals surface area contributed by atoms with Crippen molar-refractivity contribution in [3.63, 3.8) is 0 Å². The number of nitrogens with zero attached hydrogens (tertiary/aromatic N) is 7. The first-order chi connectivity index (χ1) is 41.5. The molecule has 2 bridgehead atoms. The van der Waals surface area contributed by atoms with E-state index in [9.17, 15) is 64.2 Å². The van der Waals surface area contributed by atoms with E-state index in [2.05, 4.69) is 41.5 Å². The molecular formula is C59H71F10N11O9. The van der Waals surface area contributed by atoms with Gasteiger partial charge in [0.05, 0.1) is 43.4 Å². The van der Waals surface area contributed by atoms with Crippen LogP contribution in [0.2, 0.25) is 0 Å². The van der Waals surface area contributed by atoms with Gasteiger partial charge in [-0.2, -0.15) is 40.2 Å². The summed E-state index contributed by atoms with van der Waals surface area (Å²) in [5, 5.41) is 22.0. The summed E-state index contributed by atoms with van der Waals surface area (Å²) in [4.78, 5) is 76.8. The maximum atomic E-state index is 16.1. The second kappa shape index (κ2) is 27.5. The standard InChI is InChI=1S/C59H71F10N11O9/c1-55(2,3)89-54(86)77-25-36(26-77)27-79-39-17-18-40(79)30-76(29-39)46-19-16-35(23-70-46)15-12-33-10-13-34(14-11-33)20-44(72-49(82)47(73-52(84)87-8)56(4,5)58(64,65)66)45(81)32-78(75-50(83)48(74-53(85)88-9)57(6,7)59(67,68)69)31-41-42(60)21-37(22-43(41)61)38-24-71-80(28-38)51(62)63/h10-11,13-14,16,19,21-24,28,36,39-40,44-45,47-48,51,81H,17-18,20,25-27,29-32H2,1-9H3,(H,72,82)(H,73,84)(H,74,85)(H,75,83)/t39?,40?,44-,45-,47?,48?/m0/s1. The molecule has 4 aromatic rings. The molecule has 89 heavy (non-hydrogen) atoms. The molecule has 5 heterocycles. The van der Waals surface area contributed by atoms with Crippen LogP contribution in [0.4, 0.5) is 64.1 Å². The number of hydrazine groups is 1. The van der Waals surface area contributed by atoms with Gasteiger partial charge >= 0.3 is 37.2 Å². The number of alkyl carbamates (subject to hydrolysis) is 2. The largest absolute Gasteiger partial charge is 0.453 e. The van der Waals surface area contributed by atoms with E-state index in [1.807, 2.05) is 43.6 Å². The monoisotopic (exact) mass is 1270 g/mol. The van der Waals surface area contributed by atoms with Crippen molar-refractivity contribution < 1.29 is 87.2 Å². The number of carbonyl (C=O) groups is 5. The number of rotatable bonds is 20. The van der Waals surface area contributed by atoms with Gasteiger partial charge in [-0.1, -0.05) is 24.0 Å². The third-order valence-corrected chi connectivity index (χ3v) is 16.0. The van der Waals surface area contributed by atoms with Crippen molar-refractivity contribution in [3.8, 4) is 23.0 Å². The molecule has 7 rings (SSSR count). The SMILES string of the molecule is COC(=O)NC(C(=O)N[C@@H](Cc1ccc(C#Cc2ccc(N3CC4CCC(C3)N4CC3CN(C(=O)OC(C)(C)C)C3)nc2)cc1)[C@@H](O)CN(Cc1c(F)cc(-c2cnn(C(F)F)c2)cc1F)NC(=O)C(NC(=O)OC)C(C)(C)C(F)(F)F)C(C)(C)C(F)(F)F. The van der Waals surface area contributed by atoms with Crippen molar-refractivity contribution in [2.24, 2.45) is 16.7 Å². The highest BCUT2D eigenvalue weighted by Gasteiger charge is 2.57. The Kier molecular flexibility index (Phi) is 21.2. The van der Waals surface area contributed by atoms with E-state index in [1.54, 1.807) is 16.4 Å². The van der Waals surface area contributed by atoms with Crippen LogP contribution >= 0.6 is 0 Å². The Labute approximate surface area is 506 Å². The number of aliphatic hydroxyl groups is 1. The van der Waals surface area contributed by atoms with Crippen LogP contribution in [-0.4, -0.2) is 173 Å². The smallest absolute Gasteiger partial charge is 0.410 e. The van der Waals surface area contributed by atoms with Gasteiger partial charge in [0.1, 0.15) is 35.1 Å². The fourth-order valence-electron chi connectivity index (χ4n) is 10.5. The summed E-state index contributed by atoms with van der Waals surface area (Å²) in [6.07, 6.45) is -11.0. The maximum absolute atomic E-state index is 16.1. The second-order valence-corrected chi connectivity index (χ2v) is 24.3. The van der Waals surface area contributed by atoms with Gasteiger partial charge in [-0.05, 0) is 115 Å². The molecule has 3 aliphatic rings. The van der Waals surface area contributed by atoms with E-state index >= 15 is 8.78 Å². The zero-order valence-electron chi connectivity index (χ0n) is 50.2. The Morgan fingerprint density at radius 1 is 0.730 bits per heavy atom. The third kappa shape index (κ3) is 16.9. The fraction of sp³-hybridized carbons (Fsp3) is 0.542. The Morgan fingerprint density at radius 3 is 1.76 bits per heavy atom. The van der Waals surface area contributed by atoms with E-state index in [1.165, 1.54) is 24.3 Å². The Morgan fingerprint density at radius 2 is 1.27 bits per heavy atom. The first-order valence-corrected chi connectivity index (χ1v) is 28.2. The number of anilines is 1. The Bertz CT molecular complexity index is 3200. The van der Waals surface area contributed by atoms with Gasteiger partial charge in [-0.25, -0.2) is 37.8 Å². The molecule has 3 aliphatic heterocycles. The number of likely N-dealkylation sites (tertiary alicyclic amines) is 1. The number of alkyl halides is 8. The molecule has 6 atom stereocenters. The summed E-state index contributed by atoms with van der Waals surface area (Å²) >= 11 is 0. The predicted molar refractivity (Wildman–Crippen MR) is 301 cm³/mol. The highest BCUT2D eigenvalue weighted by molar-refractivity contribution is 5.87. The number of methoxy groups -OCH3 is 2. The van der Waals surface area contributed by atoms with E-state index in [0.29, 0.717) is 87.1 Å². The van der Waals surface area contributed by atoms with Gasteiger partial charge in [0.2, 0.25) is 5.91 Å². The first-order valence-electron chi connectivity index (χ1n) is 28.2. The minimum absolute atomic E-state index is 0.179. The molecule has 0 spiro atoms. The Hall–Kier alpha value is -7.91. The summed E-state index contributed by atoms with van der Waals surface area (Å²) in [6, 6.07) is 4.91. The van der Waals surface area contributed by atoms with Gasteiger partial charge in [-0.15, -0.1) is 0 Å².